The molecule has 122 valence electrons. The molecule has 1 aromatic heterocycles. The SMILES string of the molecule is O=C(Cn1cnc2ccc(I)cc2c1=O)c1ccc2ccccc2c1. The molecule has 0 unspecified atom stereocenters. The number of rotatable bonds is 3. The summed E-state index contributed by atoms with van der Waals surface area (Å²) in [6, 6.07) is 19.0. The van der Waals surface area contributed by atoms with Crippen LogP contribution in [0.3, 0.4) is 0 Å². The standard InChI is InChI=1S/C20H13IN2O2/c21-16-7-8-18-17(10-16)20(25)23(12-22-18)11-19(24)15-6-5-13-3-1-2-4-14(13)9-15/h1-10,12H,11H2. The zero-order valence-electron chi connectivity index (χ0n) is 13.1. The van der Waals surface area contributed by atoms with Gasteiger partial charge in [0, 0.05) is 9.13 Å². The number of carbonyl (C=O) groups is 1. The van der Waals surface area contributed by atoms with Crippen LogP contribution >= 0.6 is 22.6 Å². The lowest BCUT2D eigenvalue weighted by Gasteiger charge is -2.07. The van der Waals surface area contributed by atoms with Crippen molar-refractivity contribution < 1.29 is 4.79 Å². The topological polar surface area (TPSA) is 52.0 Å². The number of halogens is 1. The zero-order valence-corrected chi connectivity index (χ0v) is 15.3. The molecule has 0 atom stereocenters. The Bertz CT molecular complexity index is 1180. The van der Waals surface area contributed by atoms with Crippen LogP contribution in [-0.2, 0) is 6.54 Å². The van der Waals surface area contributed by atoms with E-state index in [1.54, 1.807) is 12.1 Å². The Hall–Kier alpha value is -2.54. The van der Waals surface area contributed by atoms with Gasteiger partial charge < -0.3 is 0 Å². The molecule has 25 heavy (non-hydrogen) atoms. The Balaban J connectivity index is 1.71. The van der Waals surface area contributed by atoms with Gasteiger partial charge in [-0.1, -0.05) is 36.4 Å². The lowest BCUT2D eigenvalue weighted by molar-refractivity contribution is 0.0971. The van der Waals surface area contributed by atoms with E-state index in [4.69, 9.17) is 0 Å². The molecule has 3 aromatic carbocycles. The van der Waals surface area contributed by atoms with Gasteiger partial charge in [0.1, 0.15) is 0 Å². The van der Waals surface area contributed by atoms with E-state index in [-0.39, 0.29) is 17.9 Å². The van der Waals surface area contributed by atoms with Crippen molar-refractivity contribution in [1.82, 2.24) is 9.55 Å². The lowest BCUT2D eigenvalue weighted by Crippen LogP contribution is -2.24. The maximum absolute atomic E-state index is 12.6. The Labute approximate surface area is 157 Å². The summed E-state index contributed by atoms with van der Waals surface area (Å²) in [4.78, 5) is 29.5. The summed E-state index contributed by atoms with van der Waals surface area (Å²) in [6.07, 6.45) is 1.44. The fourth-order valence-corrected chi connectivity index (χ4v) is 3.34. The van der Waals surface area contributed by atoms with Gasteiger partial charge in [0.15, 0.2) is 5.78 Å². The summed E-state index contributed by atoms with van der Waals surface area (Å²) in [6.45, 7) is -0.0222. The summed E-state index contributed by atoms with van der Waals surface area (Å²) < 4.78 is 2.33. The van der Waals surface area contributed by atoms with Crippen molar-refractivity contribution in [3.8, 4) is 0 Å². The monoisotopic (exact) mass is 440 g/mol. The Morgan fingerprint density at radius 2 is 1.80 bits per heavy atom. The van der Waals surface area contributed by atoms with E-state index >= 15 is 0 Å². The van der Waals surface area contributed by atoms with E-state index in [0.717, 1.165) is 14.3 Å². The Morgan fingerprint density at radius 1 is 1.00 bits per heavy atom. The smallest absolute Gasteiger partial charge is 0.261 e. The van der Waals surface area contributed by atoms with Gasteiger partial charge in [-0.05, 0) is 57.6 Å². The fourth-order valence-electron chi connectivity index (χ4n) is 2.85. The van der Waals surface area contributed by atoms with Crippen LogP contribution < -0.4 is 5.56 Å². The van der Waals surface area contributed by atoms with Crippen molar-refractivity contribution in [3.63, 3.8) is 0 Å². The first-order chi connectivity index (χ1) is 12.1. The third-order valence-corrected chi connectivity index (χ3v) is 4.84. The van der Waals surface area contributed by atoms with Crippen LogP contribution in [0.25, 0.3) is 21.7 Å². The second kappa shape index (κ2) is 6.40. The van der Waals surface area contributed by atoms with E-state index in [2.05, 4.69) is 27.6 Å². The molecule has 5 heteroatoms. The molecular weight excluding hydrogens is 427 g/mol. The molecule has 0 saturated heterocycles. The quantitative estimate of drug-likeness (QED) is 0.357. The molecule has 0 bridgehead atoms. The zero-order chi connectivity index (χ0) is 17.4. The molecule has 0 aliphatic rings. The Kier molecular flexibility index (Phi) is 4.09. The van der Waals surface area contributed by atoms with Crippen LogP contribution in [0.4, 0.5) is 0 Å². The number of benzene rings is 3. The predicted molar refractivity (Wildman–Crippen MR) is 107 cm³/mol. The molecule has 0 N–H and O–H groups in total. The molecular formula is C20H13IN2O2. The van der Waals surface area contributed by atoms with Gasteiger partial charge in [0.05, 0.1) is 23.8 Å². The highest BCUT2D eigenvalue weighted by Gasteiger charge is 2.11. The molecule has 1 heterocycles. The number of aromatic nitrogens is 2. The molecule has 0 spiro atoms. The largest absolute Gasteiger partial charge is 0.292 e. The van der Waals surface area contributed by atoms with Gasteiger partial charge in [0.25, 0.3) is 5.56 Å². The molecule has 4 nitrogen and oxygen atoms in total. The van der Waals surface area contributed by atoms with Gasteiger partial charge in [0.2, 0.25) is 0 Å². The van der Waals surface area contributed by atoms with E-state index in [1.165, 1.54) is 10.9 Å². The maximum atomic E-state index is 12.6. The van der Waals surface area contributed by atoms with E-state index < -0.39 is 0 Å². The number of hydrogen-bond acceptors (Lipinski definition) is 3. The molecule has 0 fully saturated rings. The first-order valence-electron chi connectivity index (χ1n) is 7.78. The van der Waals surface area contributed by atoms with Gasteiger partial charge in [-0.15, -0.1) is 0 Å². The van der Waals surface area contributed by atoms with Gasteiger partial charge >= 0.3 is 0 Å². The summed E-state index contributed by atoms with van der Waals surface area (Å²) in [5.41, 5.74) is 1.03. The van der Waals surface area contributed by atoms with Crippen molar-refractivity contribution >= 4 is 50.0 Å². The van der Waals surface area contributed by atoms with Crippen LogP contribution in [0.2, 0.25) is 0 Å². The van der Waals surface area contributed by atoms with Crippen molar-refractivity contribution in [2.75, 3.05) is 0 Å². The second-order valence-electron chi connectivity index (χ2n) is 5.82. The molecule has 0 aliphatic carbocycles. The molecule has 4 aromatic rings. The number of carbonyl (C=O) groups excluding carboxylic acids is 1. The minimum absolute atomic E-state index is 0.0222. The fraction of sp³-hybridized carbons (Fsp3) is 0.0500. The summed E-state index contributed by atoms with van der Waals surface area (Å²) in [7, 11) is 0. The average molecular weight is 440 g/mol. The molecule has 0 amide bonds. The summed E-state index contributed by atoms with van der Waals surface area (Å²) in [5, 5.41) is 2.62. The van der Waals surface area contributed by atoms with E-state index in [9.17, 15) is 9.59 Å². The van der Waals surface area contributed by atoms with Crippen LogP contribution in [0, 0.1) is 3.57 Å². The average Bonchev–Trinajstić information content (AvgIpc) is 2.64. The minimum Gasteiger partial charge on any atom is -0.292 e. The van der Waals surface area contributed by atoms with Crippen molar-refractivity contribution in [1.29, 1.82) is 0 Å². The number of nitrogens with zero attached hydrogens (tertiary/aromatic N) is 2. The highest BCUT2D eigenvalue weighted by atomic mass is 127. The van der Waals surface area contributed by atoms with Crippen LogP contribution in [0.15, 0.2) is 71.8 Å². The minimum atomic E-state index is -0.197. The molecule has 0 radical (unpaired) electrons. The predicted octanol–water partition coefficient (Wildman–Crippen LogP) is 4.04. The van der Waals surface area contributed by atoms with Gasteiger partial charge in [-0.25, -0.2) is 4.98 Å². The number of Topliss-reactive ketones (excluding diaryl/α,β-unsaturated/α-hetero) is 1. The van der Waals surface area contributed by atoms with E-state index in [1.807, 2.05) is 48.5 Å². The second-order valence-corrected chi connectivity index (χ2v) is 7.07. The van der Waals surface area contributed by atoms with Crippen LogP contribution in [0.5, 0.6) is 0 Å². The van der Waals surface area contributed by atoms with Crippen LogP contribution in [-0.4, -0.2) is 15.3 Å². The van der Waals surface area contributed by atoms with Gasteiger partial charge in [-0.3, -0.25) is 14.2 Å². The summed E-state index contributed by atoms with van der Waals surface area (Å²) in [5.74, 6) is -0.111. The highest BCUT2D eigenvalue weighted by molar-refractivity contribution is 14.1. The lowest BCUT2D eigenvalue weighted by atomic mass is 10.0. The first kappa shape index (κ1) is 16.0. The first-order valence-corrected chi connectivity index (χ1v) is 8.86. The van der Waals surface area contributed by atoms with Gasteiger partial charge in [-0.2, -0.15) is 0 Å². The normalized spacial score (nSPS) is 11.1. The summed E-state index contributed by atoms with van der Waals surface area (Å²) >= 11 is 2.16. The van der Waals surface area contributed by atoms with E-state index in [0.29, 0.717) is 16.5 Å². The number of fused-ring (bicyclic) bond motifs is 2. The third kappa shape index (κ3) is 3.07. The number of ketones is 1. The van der Waals surface area contributed by atoms with Crippen molar-refractivity contribution in [2.45, 2.75) is 6.54 Å². The van der Waals surface area contributed by atoms with Crippen molar-refractivity contribution in [2.24, 2.45) is 0 Å². The van der Waals surface area contributed by atoms with Crippen LogP contribution in [0.1, 0.15) is 10.4 Å². The molecule has 0 aliphatic heterocycles. The highest BCUT2D eigenvalue weighted by Crippen LogP contribution is 2.16. The molecule has 4 rings (SSSR count). The molecule has 0 saturated carbocycles. The maximum Gasteiger partial charge on any atom is 0.261 e. The Morgan fingerprint density at radius 3 is 2.64 bits per heavy atom. The number of hydrogen-bond donors (Lipinski definition) is 0. The third-order valence-electron chi connectivity index (χ3n) is 4.17. The van der Waals surface area contributed by atoms with Crippen molar-refractivity contribution in [3.05, 3.63) is 86.5 Å².